The van der Waals surface area contributed by atoms with Gasteiger partial charge in [-0.2, -0.15) is 5.10 Å². The number of fused-ring (bicyclic) bond motifs is 1. The lowest BCUT2D eigenvalue weighted by Gasteiger charge is -2.13. The van der Waals surface area contributed by atoms with Crippen LogP contribution in [0.15, 0.2) is 76.2 Å². The molecule has 6 nitrogen and oxygen atoms in total. The fraction of sp³-hybridized carbons (Fsp3) is 0.192. The molecule has 174 valence electrons. The van der Waals surface area contributed by atoms with E-state index in [9.17, 15) is 4.79 Å². The van der Waals surface area contributed by atoms with Crippen LogP contribution in [0.2, 0.25) is 0 Å². The van der Waals surface area contributed by atoms with E-state index in [1.165, 1.54) is 17.3 Å². The van der Waals surface area contributed by atoms with Crippen LogP contribution in [-0.2, 0) is 11.4 Å². The number of carbonyl (C=O) groups is 1. The van der Waals surface area contributed by atoms with Crippen LogP contribution in [-0.4, -0.2) is 29.5 Å². The van der Waals surface area contributed by atoms with Gasteiger partial charge in [-0.25, -0.2) is 10.4 Å². The number of hydrogen-bond donors (Lipinski definition) is 1. The van der Waals surface area contributed by atoms with Crippen molar-refractivity contribution in [2.45, 2.75) is 24.8 Å². The summed E-state index contributed by atoms with van der Waals surface area (Å²) in [5.41, 5.74) is 6.62. The van der Waals surface area contributed by atoms with Gasteiger partial charge < -0.3 is 9.47 Å². The first-order chi connectivity index (χ1) is 16.6. The minimum absolute atomic E-state index is 0.191. The molecule has 0 aliphatic carbocycles. The number of benzene rings is 3. The maximum atomic E-state index is 12.2. The molecule has 34 heavy (non-hydrogen) atoms. The van der Waals surface area contributed by atoms with E-state index in [0.29, 0.717) is 24.7 Å². The number of carbonyl (C=O) groups excluding carboxylic acids is 1. The molecule has 8 heteroatoms. The molecular weight excluding hydrogens is 466 g/mol. The van der Waals surface area contributed by atoms with Crippen LogP contribution in [0.3, 0.4) is 0 Å². The van der Waals surface area contributed by atoms with Crippen molar-refractivity contribution in [2.75, 3.05) is 12.4 Å². The molecule has 4 rings (SSSR count). The summed E-state index contributed by atoms with van der Waals surface area (Å²) in [7, 11) is 0. The lowest BCUT2D eigenvalue weighted by Crippen LogP contribution is -2.19. The number of para-hydroxylation sites is 1. The molecule has 0 unspecified atom stereocenters. The molecular formula is C26H25N3O3S2. The minimum Gasteiger partial charge on any atom is -0.490 e. The predicted octanol–water partition coefficient (Wildman–Crippen LogP) is 5.82. The molecule has 0 aliphatic rings. The molecule has 0 spiro atoms. The number of hydrogen-bond acceptors (Lipinski definition) is 7. The van der Waals surface area contributed by atoms with Crippen LogP contribution in [0.1, 0.15) is 23.6 Å². The Morgan fingerprint density at radius 3 is 2.74 bits per heavy atom. The number of ether oxygens (including phenoxy) is 2. The van der Waals surface area contributed by atoms with Crippen molar-refractivity contribution in [3.63, 3.8) is 0 Å². The molecule has 0 aliphatic heterocycles. The molecule has 1 N–H and O–H groups in total. The number of nitrogens with one attached hydrogen (secondary N) is 1. The maximum absolute atomic E-state index is 12.2. The van der Waals surface area contributed by atoms with Gasteiger partial charge in [-0.1, -0.05) is 48.2 Å². The van der Waals surface area contributed by atoms with Gasteiger partial charge in [-0.05, 0) is 60.9 Å². The van der Waals surface area contributed by atoms with Crippen LogP contribution in [0.25, 0.3) is 10.2 Å². The van der Waals surface area contributed by atoms with Gasteiger partial charge >= 0.3 is 0 Å². The number of thiazole rings is 1. The van der Waals surface area contributed by atoms with Crippen LogP contribution in [0.5, 0.6) is 11.5 Å². The topological polar surface area (TPSA) is 72.8 Å². The van der Waals surface area contributed by atoms with Gasteiger partial charge in [0.25, 0.3) is 5.91 Å². The molecule has 1 aromatic heterocycles. The zero-order valence-electron chi connectivity index (χ0n) is 19.0. The average Bonchev–Trinajstić information content (AvgIpc) is 3.26. The summed E-state index contributed by atoms with van der Waals surface area (Å²) in [5.74, 6) is 1.35. The summed E-state index contributed by atoms with van der Waals surface area (Å²) < 4.78 is 13.7. The van der Waals surface area contributed by atoms with Crippen LogP contribution >= 0.6 is 23.1 Å². The van der Waals surface area contributed by atoms with E-state index in [1.807, 2.05) is 61.5 Å². The Labute approximate surface area is 207 Å². The molecule has 3 aromatic carbocycles. The quantitative estimate of drug-likeness (QED) is 0.172. The van der Waals surface area contributed by atoms with Crippen molar-refractivity contribution in [1.29, 1.82) is 0 Å². The number of hydrazone groups is 1. The molecule has 0 saturated carbocycles. The van der Waals surface area contributed by atoms with Gasteiger partial charge in [0.2, 0.25) is 0 Å². The second-order valence-corrected chi connectivity index (χ2v) is 9.64. The third kappa shape index (κ3) is 6.36. The van der Waals surface area contributed by atoms with Gasteiger partial charge in [0.15, 0.2) is 15.8 Å². The molecule has 0 bridgehead atoms. The maximum Gasteiger partial charge on any atom is 0.250 e. The van der Waals surface area contributed by atoms with E-state index in [4.69, 9.17) is 9.47 Å². The Kier molecular flexibility index (Phi) is 8.17. The summed E-state index contributed by atoms with van der Waals surface area (Å²) in [6.45, 7) is 4.96. The van der Waals surface area contributed by atoms with Crippen LogP contribution in [0, 0.1) is 6.92 Å². The second-order valence-electron chi connectivity index (χ2n) is 7.38. The van der Waals surface area contributed by atoms with Crippen molar-refractivity contribution in [1.82, 2.24) is 10.4 Å². The number of thioether (sulfide) groups is 1. The Hall–Kier alpha value is -3.36. The number of nitrogens with zero attached hydrogens (tertiary/aromatic N) is 2. The highest BCUT2D eigenvalue weighted by Crippen LogP contribution is 2.30. The highest BCUT2D eigenvalue weighted by Gasteiger charge is 2.09. The van der Waals surface area contributed by atoms with E-state index < -0.39 is 0 Å². The second kappa shape index (κ2) is 11.7. The monoisotopic (exact) mass is 491 g/mol. The summed E-state index contributed by atoms with van der Waals surface area (Å²) in [6.07, 6.45) is 1.59. The Bertz CT molecular complexity index is 1270. The fourth-order valence-electron chi connectivity index (χ4n) is 3.17. The van der Waals surface area contributed by atoms with Crippen LogP contribution < -0.4 is 14.9 Å². The van der Waals surface area contributed by atoms with E-state index in [0.717, 1.165) is 25.7 Å². The minimum atomic E-state index is -0.191. The Morgan fingerprint density at radius 2 is 1.91 bits per heavy atom. The highest BCUT2D eigenvalue weighted by molar-refractivity contribution is 8.01. The van der Waals surface area contributed by atoms with Crippen molar-refractivity contribution in [3.8, 4) is 11.5 Å². The van der Waals surface area contributed by atoms with Crippen LogP contribution in [0.4, 0.5) is 0 Å². The number of aromatic nitrogens is 1. The first-order valence-electron chi connectivity index (χ1n) is 10.9. The summed E-state index contributed by atoms with van der Waals surface area (Å²) in [6, 6.07) is 21.6. The molecule has 0 saturated heterocycles. The molecule has 0 fully saturated rings. The van der Waals surface area contributed by atoms with Gasteiger partial charge in [-0.3, -0.25) is 4.79 Å². The van der Waals surface area contributed by atoms with Gasteiger partial charge in [0.1, 0.15) is 6.61 Å². The normalized spacial score (nSPS) is 11.1. The SMILES string of the molecule is CCOc1cc(/C=N/NC(=O)CSc2nc3ccccc3s2)ccc1OCc1ccccc1C. The van der Waals surface area contributed by atoms with Gasteiger partial charge in [0.05, 0.1) is 28.8 Å². The lowest BCUT2D eigenvalue weighted by atomic mass is 10.1. The first kappa shape index (κ1) is 23.8. The lowest BCUT2D eigenvalue weighted by molar-refractivity contribution is -0.118. The van der Waals surface area contributed by atoms with Crippen molar-refractivity contribution >= 4 is 45.4 Å². The van der Waals surface area contributed by atoms with E-state index in [-0.39, 0.29) is 11.7 Å². The van der Waals surface area contributed by atoms with Crippen molar-refractivity contribution in [3.05, 3.63) is 83.4 Å². The fourth-order valence-corrected chi connectivity index (χ4v) is 5.03. The van der Waals surface area contributed by atoms with E-state index in [1.54, 1.807) is 17.6 Å². The Morgan fingerprint density at radius 1 is 1.09 bits per heavy atom. The molecule has 0 radical (unpaired) electrons. The summed E-state index contributed by atoms with van der Waals surface area (Å²) >= 11 is 2.98. The number of rotatable bonds is 10. The predicted molar refractivity (Wildman–Crippen MR) is 139 cm³/mol. The standard InChI is InChI=1S/C26H25N3O3S2/c1-3-31-23-14-19(12-13-22(23)32-16-20-9-5-4-8-18(20)2)15-27-29-25(30)17-33-26-28-21-10-6-7-11-24(21)34-26/h4-15H,3,16-17H2,1-2H3,(H,29,30)/b27-15+. The van der Waals surface area contributed by atoms with Crippen molar-refractivity contribution < 1.29 is 14.3 Å². The first-order valence-corrected chi connectivity index (χ1v) is 12.7. The van der Waals surface area contributed by atoms with Crippen molar-refractivity contribution in [2.24, 2.45) is 5.10 Å². The smallest absolute Gasteiger partial charge is 0.250 e. The average molecular weight is 492 g/mol. The number of amides is 1. The van der Waals surface area contributed by atoms with E-state index in [2.05, 4.69) is 34.6 Å². The molecule has 1 heterocycles. The summed E-state index contributed by atoms with van der Waals surface area (Å²) in [5, 5.41) is 4.08. The van der Waals surface area contributed by atoms with Gasteiger partial charge in [-0.15, -0.1) is 11.3 Å². The molecule has 0 atom stereocenters. The molecule has 4 aromatic rings. The third-order valence-electron chi connectivity index (χ3n) is 4.92. The Balaban J connectivity index is 1.32. The third-order valence-corrected chi connectivity index (χ3v) is 7.10. The molecule has 1 amide bonds. The summed E-state index contributed by atoms with van der Waals surface area (Å²) in [4.78, 5) is 16.7. The van der Waals surface area contributed by atoms with Gasteiger partial charge in [0, 0.05) is 0 Å². The zero-order chi connectivity index (χ0) is 23.8. The largest absolute Gasteiger partial charge is 0.490 e. The van der Waals surface area contributed by atoms with E-state index >= 15 is 0 Å². The number of aryl methyl sites for hydroxylation is 1. The highest BCUT2D eigenvalue weighted by atomic mass is 32.2. The zero-order valence-corrected chi connectivity index (χ0v) is 20.6.